The molecule has 0 fully saturated rings. The van der Waals surface area contributed by atoms with Crippen molar-refractivity contribution in [1.82, 2.24) is 10.1 Å². The van der Waals surface area contributed by atoms with E-state index in [4.69, 9.17) is 4.52 Å². The van der Waals surface area contributed by atoms with Gasteiger partial charge < -0.3 is 9.84 Å². The molecule has 28 heavy (non-hydrogen) atoms. The molecule has 1 N–H and O–H groups in total. The number of hydrogen-bond donors (Lipinski definition) is 1. The van der Waals surface area contributed by atoms with Gasteiger partial charge in [-0.3, -0.25) is 4.79 Å². The molecule has 8 heteroatoms. The summed E-state index contributed by atoms with van der Waals surface area (Å²) in [5.74, 6) is 0.565. The van der Waals surface area contributed by atoms with Crippen molar-refractivity contribution in [2.75, 3.05) is 5.32 Å². The van der Waals surface area contributed by atoms with E-state index in [1.54, 1.807) is 13.0 Å². The Hall–Kier alpha value is -2.19. The van der Waals surface area contributed by atoms with Crippen LogP contribution < -0.4 is 5.32 Å². The molecule has 1 heterocycles. The Bertz CT molecular complexity index is 962. The number of carbonyl (C=O) groups is 1. The molecule has 2 aromatic carbocycles. The molecule has 0 saturated heterocycles. The van der Waals surface area contributed by atoms with Crippen molar-refractivity contribution in [3.63, 3.8) is 0 Å². The fourth-order valence-electron chi connectivity index (χ4n) is 2.42. The Labute approximate surface area is 175 Å². The summed E-state index contributed by atoms with van der Waals surface area (Å²) in [7, 11) is 0. The summed E-state index contributed by atoms with van der Waals surface area (Å²) in [5, 5.41) is 6.18. The van der Waals surface area contributed by atoms with Crippen molar-refractivity contribution in [2.45, 2.75) is 31.3 Å². The number of nitrogens with zero attached hydrogens (tertiary/aromatic N) is 2. The highest BCUT2D eigenvalue weighted by atomic mass is 79.9. The highest BCUT2D eigenvalue weighted by Crippen LogP contribution is 2.23. The lowest BCUT2D eigenvalue weighted by atomic mass is 10.1. The van der Waals surface area contributed by atoms with Gasteiger partial charge in [0.2, 0.25) is 17.6 Å². The van der Waals surface area contributed by atoms with Crippen LogP contribution in [-0.2, 0) is 17.0 Å². The van der Waals surface area contributed by atoms with E-state index in [0.717, 1.165) is 12.0 Å². The van der Waals surface area contributed by atoms with E-state index in [2.05, 4.69) is 38.3 Å². The van der Waals surface area contributed by atoms with E-state index in [-0.39, 0.29) is 11.6 Å². The summed E-state index contributed by atoms with van der Waals surface area (Å²) in [4.78, 5) is 16.7. The fourth-order valence-corrected chi connectivity index (χ4v) is 3.47. The quantitative estimate of drug-likeness (QED) is 0.503. The molecule has 146 valence electrons. The van der Waals surface area contributed by atoms with Crippen molar-refractivity contribution >= 4 is 39.3 Å². The first-order valence-corrected chi connectivity index (χ1v) is 10.6. The van der Waals surface area contributed by atoms with Gasteiger partial charge in [0.25, 0.3) is 0 Å². The average molecular weight is 464 g/mol. The third kappa shape index (κ3) is 5.20. The van der Waals surface area contributed by atoms with E-state index in [9.17, 15) is 9.18 Å². The van der Waals surface area contributed by atoms with Crippen LogP contribution in [0.2, 0.25) is 0 Å². The van der Waals surface area contributed by atoms with Crippen LogP contribution in [0.3, 0.4) is 0 Å². The minimum absolute atomic E-state index is 0.149. The van der Waals surface area contributed by atoms with Crippen molar-refractivity contribution < 1.29 is 13.7 Å². The molecule has 0 aliphatic carbocycles. The zero-order valence-corrected chi connectivity index (χ0v) is 17.8. The van der Waals surface area contributed by atoms with Gasteiger partial charge in [0.05, 0.1) is 16.7 Å². The molecular formula is C20H19BrFN3O2S. The van der Waals surface area contributed by atoms with E-state index >= 15 is 0 Å². The minimum atomic E-state index is -0.490. The second-order valence-corrected chi connectivity index (χ2v) is 8.37. The molecule has 1 atom stereocenters. The molecule has 0 unspecified atom stereocenters. The molecule has 3 rings (SSSR count). The number of carbonyl (C=O) groups excluding carboxylic acids is 1. The molecule has 0 saturated carbocycles. The van der Waals surface area contributed by atoms with Crippen molar-refractivity contribution in [1.29, 1.82) is 0 Å². The lowest BCUT2D eigenvalue weighted by molar-refractivity contribution is -0.115. The second kappa shape index (κ2) is 9.34. The number of anilines is 1. The first kappa shape index (κ1) is 20.5. The topological polar surface area (TPSA) is 68.0 Å². The Balaban J connectivity index is 1.56. The highest BCUT2D eigenvalue weighted by Gasteiger charge is 2.17. The molecule has 0 aliphatic rings. The lowest BCUT2D eigenvalue weighted by Gasteiger charge is -2.11. The van der Waals surface area contributed by atoms with Crippen LogP contribution in [-0.4, -0.2) is 21.3 Å². The molecule has 0 radical (unpaired) electrons. The third-order valence-electron chi connectivity index (χ3n) is 4.10. The van der Waals surface area contributed by atoms with Gasteiger partial charge in [-0.15, -0.1) is 11.8 Å². The third-order valence-corrected chi connectivity index (χ3v) is 5.72. The summed E-state index contributed by atoms with van der Waals surface area (Å²) in [6.07, 6.45) is 0.971. The molecule has 0 bridgehead atoms. The maximum Gasteiger partial charge on any atom is 0.237 e. The molecular weight excluding hydrogens is 445 g/mol. The molecule has 1 amide bonds. The smallest absolute Gasteiger partial charge is 0.237 e. The summed E-state index contributed by atoms with van der Waals surface area (Å²) >= 11 is 4.53. The maximum atomic E-state index is 13.9. The summed E-state index contributed by atoms with van der Waals surface area (Å²) in [6, 6.07) is 12.5. The van der Waals surface area contributed by atoms with Gasteiger partial charge >= 0.3 is 0 Å². The Morgan fingerprint density at radius 2 is 2.04 bits per heavy atom. The Kier molecular flexibility index (Phi) is 6.85. The van der Waals surface area contributed by atoms with E-state index in [1.807, 2.05) is 24.3 Å². The van der Waals surface area contributed by atoms with E-state index < -0.39 is 11.1 Å². The molecule has 1 aromatic heterocycles. The molecule has 5 nitrogen and oxygen atoms in total. The summed E-state index contributed by atoms with van der Waals surface area (Å²) < 4.78 is 19.7. The number of rotatable bonds is 7. The van der Waals surface area contributed by atoms with Crippen LogP contribution in [0.15, 0.2) is 51.5 Å². The van der Waals surface area contributed by atoms with Crippen molar-refractivity contribution in [2.24, 2.45) is 0 Å². The fraction of sp³-hybridized carbons (Fsp3) is 0.250. The zero-order chi connectivity index (χ0) is 20.1. The number of thioether (sulfide) groups is 1. The van der Waals surface area contributed by atoms with Crippen LogP contribution in [0.25, 0.3) is 11.4 Å². The lowest BCUT2D eigenvalue weighted by Crippen LogP contribution is -2.23. The zero-order valence-electron chi connectivity index (χ0n) is 15.4. The number of halogens is 2. The highest BCUT2D eigenvalue weighted by molar-refractivity contribution is 9.10. The van der Waals surface area contributed by atoms with Gasteiger partial charge in [-0.1, -0.05) is 52.3 Å². The number of hydrogen-bond acceptors (Lipinski definition) is 5. The predicted octanol–water partition coefficient (Wildman–Crippen LogP) is 5.46. The monoisotopic (exact) mass is 463 g/mol. The van der Waals surface area contributed by atoms with Gasteiger partial charge in [0.15, 0.2) is 0 Å². The van der Waals surface area contributed by atoms with Crippen molar-refractivity contribution in [3.8, 4) is 11.4 Å². The normalized spacial score (nSPS) is 12.0. The number of amides is 1. The standard InChI is InChI=1S/C20H19BrFN3O2S/c1-3-13-4-6-14(7-5-13)19-24-18(27-25-19)11-28-12(2)20(26)23-17-9-8-15(21)10-16(17)22/h4-10,12H,3,11H2,1-2H3,(H,23,26)/t12-/m0/s1. The SMILES string of the molecule is CCc1ccc(-c2noc(CS[C@@H](C)C(=O)Nc3ccc(Br)cc3F)n2)cc1. The van der Waals surface area contributed by atoms with Crippen LogP contribution >= 0.6 is 27.7 Å². The van der Waals surface area contributed by atoms with Crippen LogP contribution in [0.1, 0.15) is 25.3 Å². The van der Waals surface area contributed by atoms with Gasteiger partial charge in [-0.25, -0.2) is 4.39 Å². The van der Waals surface area contributed by atoms with E-state index in [0.29, 0.717) is 21.9 Å². The number of aryl methyl sites for hydroxylation is 1. The Morgan fingerprint density at radius 1 is 1.29 bits per heavy atom. The first-order valence-electron chi connectivity index (χ1n) is 8.75. The second-order valence-electron chi connectivity index (χ2n) is 6.13. The number of aromatic nitrogens is 2. The van der Waals surface area contributed by atoms with Crippen LogP contribution in [0.5, 0.6) is 0 Å². The number of benzene rings is 2. The van der Waals surface area contributed by atoms with Crippen molar-refractivity contribution in [3.05, 3.63) is 64.2 Å². The average Bonchev–Trinajstić information content (AvgIpc) is 3.17. The van der Waals surface area contributed by atoms with Gasteiger partial charge in [-0.2, -0.15) is 4.98 Å². The van der Waals surface area contributed by atoms with Crippen LogP contribution in [0.4, 0.5) is 10.1 Å². The van der Waals surface area contributed by atoms with E-state index in [1.165, 1.54) is 29.5 Å². The van der Waals surface area contributed by atoms with Crippen LogP contribution in [0, 0.1) is 5.82 Å². The largest absolute Gasteiger partial charge is 0.338 e. The van der Waals surface area contributed by atoms with Gasteiger partial charge in [0, 0.05) is 10.0 Å². The van der Waals surface area contributed by atoms with Gasteiger partial charge in [-0.05, 0) is 37.1 Å². The minimum Gasteiger partial charge on any atom is -0.338 e. The van der Waals surface area contributed by atoms with Gasteiger partial charge in [0.1, 0.15) is 5.82 Å². The maximum absolute atomic E-state index is 13.9. The molecule has 0 aliphatic heterocycles. The first-order chi connectivity index (χ1) is 13.5. The summed E-state index contributed by atoms with van der Waals surface area (Å²) in [5.41, 5.74) is 2.27. The molecule has 3 aromatic rings. The Morgan fingerprint density at radius 3 is 2.71 bits per heavy atom. The number of nitrogens with one attached hydrogen (secondary N) is 1. The molecule has 0 spiro atoms. The summed E-state index contributed by atoms with van der Waals surface area (Å²) in [6.45, 7) is 3.85. The predicted molar refractivity (Wildman–Crippen MR) is 113 cm³/mol.